The minimum atomic E-state index is 0.113. The van der Waals surface area contributed by atoms with Crippen LogP contribution in [0.2, 0.25) is 0 Å². The Morgan fingerprint density at radius 1 is 0.355 bits per heavy atom. The van der Waals surface area contributed by atoms with Gasteiger partial charge in [-0.2, -0.15) is 0 Å². The van der Waals surface area contributed by atoms with Crippen molar-refractivity contribution >= 4 is 0 Å². The molecule has 3 heteroatoms. The lowest BCUT2D eigenvalue weighted by Crippen LogP contribution is -1.97. The number of hydrogen-bond donors (Lipinski definition) is 2. The maximum atomic E-state index is 10.7. The van der Waals surface area contributed by atoms with Crippen LogP contribution in [0.1, 0.15) is 208 Å². The molecule has 346 valence electrons. The van der Waals surface area contributed by atoms with Gasteiger partial charge in [-0.05, 0) is 212 Å². The van der Waals surface area contributed by atoms with Crippen LogP contribution in [-0.4, -0.2) is 17.3 Å². The van der Waals surface area contributed by atoms with Gasteiger partial charge in [-0.25, -0.2) is 0 Å². The van der Waals surface area contributed by atoms with Crippen molar-refractivity contribution in [3.05, 3.63) is 133 Å². The number of rotatable bonds is 30. The molecule has 0 aliphatic rings. The molecule has 1 aromatic carbocycles. The summed E-state index contributed by atoms with van der Waals surface area (Å²) in [4.78, 5) is 0. The van der Waals surface area contributed by atoms with E-state index in [0.717, 1.165) is 102 Å². The van der Waals surface area contributed by atoms with E-state index in [0.29, 0.717) is 23.3 Å². The lowest BCUT2D eigenvalue weighted by Gasteiger charge is -2.16. The fourth-order valence-electron chi connectivity index (χ4n) is 7.66. The van der Waals surface area contributed by atoms with E-state index >= 15 is 0 Å². The molecule has 0 bridgehead atoms. The zero-order valence-electron chi connectivity index (χ0n) is 42.5. The summed E-state index contributed by atoms with van der Waals surface area (Å²) in [5.74, 6) is 0.671. The SMILES string of the molecule is COc1c(C)c(O)c(C/C=C(\C)CC/C=C(\C)CC/C=C(\C)CC/C=C(\C)CC/C=C(\C)CC/C=C(\C)CC/C=C(\C)CC/C=C(\C)CC/C=C(\C)CCC=C(C)C)c(C)c1O. The number of ether oxygens (including phenoxy) is 1. The second kappa shape index (κ2) is 32.7. The van der Waals surface area contributed by atoms with Gasteiger partial charge < -0.3 is 14.9 Å². The highest BCUT2D eigenvalue weighted by molar-refractivity contribution is 5.61. The Bertz CT molecular complexity index is 1790. The number of phenolic OH excluding ortho intramolecular Hbond substituents is 2. The van der Waals surface area contributed by atoms with Crippen LogP contribution in [0.25, 0.3) is 0 Å². The molecule has 0 amide bonds. The fourth-order valence-corrected chi connectivity index (χ4v) is 7.66. The highest BCUT2D eigenvalue weighted by Gasteiger charge is 2.18. The van der Waals surface area contributed by atoms with E-state index in [1.165, 1.54) is 82.1 Å². The van der Waals surface area contributed by atoms with E-state index < -0.39 is 0 Å². The van der Waals surface area contributed by atoms with Gasteiger partial charge in [-0.15, -0.1) is 0 Å². The molecule has 0 fully saturated rings. The first-order valence-electron chi connectivity index (χ1n) is 24.1. The van der Waals surface area contributed by atoms with Crippen molar-refractivity contribution < 1.29 is 14.9 Å². The zero-order chi connectivity index (χ0) is 46.5. The van der Waals surface area contributed by atoms with Crippen molar-refractivity contribution in [2.45, 2.75) is 212 Å². The quantitative estimate of drug-likeness (QED) is 0.0599. The van der Waals surface area contributed by atoms with Gasteiger partial charge in [0.15, 0.2) is 11.5 Å². The van der Waals surface area contributed by atoms with Gasteiger partial charge in [0.25, 0.3) is 0 Å². The average molecular weight is 849 g/mol. The van der Waals surface area contributed by atoms with Gasteiger partial charge in [0.2, 0.25) is 0 Å². The first-order valence-corrected chi connectivity index (χ1v) is 24.1. The fraction of sp³-hybridized carbons (Fsp3) is 0.559. The molecule has 0 heterocycles. The number of allylic oxidation sites excluding steroid dienone is 20. The normalized spacial score (nSPS) is 14.3. The summed E-state index contributed by atoms with van der Waals surface area (Å²) in [5, 5.41) is 21.2. The molecule has 1 aromatic rings. The van der Waals surface area contributed by atoms with Crippen LogP contribution >= 0.6 is 0 Å². The van der Waals surface area contributed by atoms with Crippen molar-refractivity contribution in [2.75, 3.05) is 7.11 Å². The Morgan fingerprint density at radius 3 is 0.839 bits per heavy atom. The molecular formula is C59H92O3. The van der Waals surface area contributed by atoms with E-state index in [-0.39, 0.29) is 11.5 Å². The Labute approximate surface area is 383 Å². The smallest absolute Gasteiger partial charge is 0.167 e. The molecule has 0 spiro atoms. The average Bonchev–Trinajstić information content (AvgIpc) is 3.20. The molecule has 0 aliphatic heterocycles. The van der Waals surface area contributed by atoms with E-state index in [9.17, 15) is 10.2 Å². The lowest BCUT2D eigenvalue weighted by molar-refractivity contribution is 0.361. The molecule has 0 saturated carbocycles. The molecule has 0 atom stereocenters. The third-order valence-corrected chi connectivity index (χ3v) is 12.2. The van der Waals surface area contributed by atoms with Gasteiger partial charge in [0.1, 0.15) is 5.75 Å². The summed E-state index contributed by atoms with van der Waals surface area (Å²) in [6.45, 7) is 28.4. The highest BCUT2D eigenvalue weighted by atomic mass is 16.5. The molecule has 0 aromatic heterocycles. The molecule has 0 saturated heterocycles. The van der Waals surface area contributed by atoms with Crippen molar-refractivity contribution in [1.29, 1.82) is 0 Å². The van der Waals surface area contributed by atoms with Crippen molar-refractivity contribution in [3.8, 4) is 17.2 Å². The summed E-state index contributed by atoms with van der Waals surface area (Å²) in [7, 11) is 1.51. The number of methoxy groups -OCH3 is 1. The van der Waals surface area contributed by atoms with Crippen LogP contribution < -0.4 is 4.74 Å². The topological polar surface area (TPSA) is 49.7 Å². The summed E-state index contributed by atoms with van der Waals surface area (Å²) < 4.78 is 5.28. The Kier molecular flexibility index (Phi) is 29.5. The Hall–Kier alpha value is -3.98. The van der Waals surface area contributed by atoms with Crippen LogP contribution in [0.3, 0.4) is 0 Å². The largest absolute Gasteiger partial charge is 0.507 e. The maximum Gasteiger partial charge on any atom is 0.167 e. The highest BCUT2D eigenvalue weighted by Crippen LogP contribution is 2.42. The van der Waals surface area contributed by atoms with Crippen LogP contribution in [0.4, 0.5) is 0 Å². The van der Waals surface area contributed by atoms with E-state index in [2.05, 4.69) is 137 Å². The van der Waals surface area contributed by atoms with Crippen molar-refractivity contribution in [2.24, 2.45) is 0 Å². The molecule has 3 nitrogen and oxygen atoms in total. The number of hydrogen-bond acceptors (Lipinski definition) is 3. The minimum absolute atomic E-state index is 0.113. The number of phenols is 2. The molecule has 0 radical (unpaired) electrons. The van der Waals surface area contributed by atoms with Crippen LogP contribution in [0, 0.1) is 13.8 Å². The van der Waals surface area contributed by atoms with Crippen molar-refractivity contribution in [1.82, 2.24) is 0 Å². The first kappa shape index (κ1) is 56.0. The maximum absolute atomic E-state index is 10.7. The third kappa shape index (κ3) is 25.8. The molecule has 2 N–H and O–H groups in total. The molecular weight excluding hydrogens is 757 g/mol. The van der Waals surface area contributed by atoms with Crippen molar-refractivity contribution in [3.63, 3.8) is 0 Å². The van der Waals surface area contributed by atoms with E-state index in [1.807, 2.05) is 6.92 Å². The Balaban J connectivity index is 2.30. The minimum Gasteiger partial charge on any atom is -0.507 e. The summed E-state index contributed by atoms with van der Waals surface area (Å²) in [6.07, 6.45) is 44.9. The molecule has 0 unspecified atom stereocenters. The number of aromatic hydroxyl groups is 2. The standard InChI is InChI=1S/C59H92O3/c1-44(2)24-15-25-45(3)26-16-27-46(4)28-17-29-47(5)30-18-31-48(6)32-19-33-49(7)34-20-35-50(8)36-21-37-51(9)38-22-39-52(10)40-23-41-53(11)42-43-56-54(12)58(61)59(62-14)55(13)57(56)60/h24,26,28,30,32,34,36,38,40,42,60-61H,15-23,25,27,29,31,33,35,37,39,41,43H2,1-14H3/b45-26+,46-28+,47-30+,48-32+,49-34+,50-36+,51-38+,52-40+,53-42+. The zero-order valence-corrected chi connectivity index (χ0v) is 42.5. The van der Waals surface area contributed by atoms with Crippen LogP contribution in [-0.2, 0) is 6.42 Å². The molecule has 1 rings (SSSR count). The van der Waals surface area contributed by atoms with Gasteiger partial charge in [-0.1, -0.05) is 116 Å². The predicted molar refractivity (Wildman–Crippen MR) is 276 cm³/mol. The summed E-state index contributed by atoms with van der Waals surface area (Å²) >= 11 is 0. The summed E-state index contributed by atoms with van der Waals surface area (Å²) in [5.41, 5.74) is 16.7. The first-order chi connectivity index (χ1) is 29.4. The number of benzene rings is 1. The van der Waals surface area contributed by atoms with Gasteiger partial charge in [-0.3, -0.25) is 0 Å². The van der Waals surface area contributed by atoms with Crippen LogP contribution in [0.15, 0.2) is 116 Å². The lowest BCUT2D eigenvalue weighted by atomic mass is 9.97. The second-order valence-electron chi connectivity index (χ2n) is 18.7. The predicted octanol–water partition coefficient (Wildman–Crippen LogP) is 18.8. The second-order valence-corrected chi connectivity index (χ2v) is 18.7. The Morgan fingerprint density at radius 2 is 0.597 bits per heavy atom. The van der Waals surface area contributed by atoms with E-state index in [4.69, 9.17) is 4.74 Å². The summed E-state index contributed by atoms with van der Waals surface area (Å²) in [6, 6.07) is 0. The monoisotopic (exact) mass is 849 g/mol. The van der Waals surface area contributed by atoms with Crippen LogP contribution in [0.5, 0.6) is 17.2 Å². The molecule has 0 aliphatic carbocycles. The van der Waals surface area contributed by atoms with Gasteiger partial charge in [0, 0.05) is 16.7 Å². The molecule has 62 heavy (non-hydrogen) atoms. The van der Waals surface area contributed by atoms with E-state index in [1.54, 1.807) is 6.92 Å². The third-order valence-electron chi connectivity index (χ3n) is 12.2. The van der Waals surface area contributed by atoms with Gasteiger partial charge >= 0.3 is 0 Å². The van der Waals surface area contributed by atoms with Gasteiger partial charge in [0.05, 0.1) is 7.11 Å².